The Hall–Kier alpha value is -2.30. The van der Waals surface area contributed by atoms with Gasteiger partial charge in [-0.15, -0.1) is 0 Å². The number of nitrogens with zero attached hydrogens (tertiary/aromatic N) is 4. The third-order valence-electron chi connectivity index (χ3n) is 3.33. The molecule has 1 atom stereocenters. The predicted octanol–water partition coefficient (Wildman–Crippen LogP) is 1.63. The Balaban J connectivity index is 1.84. The van der Waals surface area contributed by atoms with Crippen LogP contribution in [0.3, 0.4) is 0 Å². The van der Waals surface area contributed by atoms with E-state index in [-0.39, 0.29) is 11.8 Å². The van der Waals surface area contributed by atoms with Crippen LogP contribution < -0.4 is 10.2 Å². The van der Waals surface area contributed by atoms with Crippen LogP contribution in [0.4, 0.5) is 5.13 Å². The van der Waals surface area contributed by atoms with Gasteiger partial charge >= 0.3 is 0 Å². The van der Waals surface area contributed by atoms with Crippen LogP contribution in [0, 0.1) is 17.4 Å². The number of pyridine rings is 1. The fourth-order valence-electron chi connectivity index (χ4n) is 2.23. The monoisotopic (exact) mass is 299 g/mol. The third-order valence-corrected chi connectivity index (χ3v) is 4.34. The van der Waals surface area contributed by atoms with Crippen LogP contribution in [0.1, 0.15) is 6.42 Å². The Morgan fingerprint density at radius 3 is 3.05 bits per heavy atom. The summed E-state index contributed by atoms with van der Waals surface area (Å²) >= 11 is 1.29. The summed E-state index contributed by atoms with van der Waals surface area (Å²) in [5.74, 6) is -0.337. The van der Waals surface area contributed by atoms with E-state index < -0.39 is 0 Å². The van der Waals surface area contributed by atoms with E-state index in [4.69, 9.17) is 0 Å². The van der Waals surface area contributed by atoms with Crippen molar-refractivity contribution in [1.82, 2.24) is 15.3 Å². The van der Waals surface area contributed by atoms with Gasteiger partial charge in [0.2, 0.25) is 11.0 Å². The molecule has 21 heavy (non-hydrogen) atoms. The van der Waals surface area contributed by atoms with Gasteiger partial charge in [0.25, 0.3) is 0 Å². The summed E-state index contributed by atoms with van der Waals surface area (Å²) in [6, 6.07) is 5.60. The summed E-state index contributed by atoms with van der Waals surface area (Å²) in [4.78, 5) is 22.7. The zero-order valence-corrected chi connectivity index (χ0v) is 12.0. The molecular weight excluding hydrogens is 286 g/mol. The number of nitrogens with one attached hydrogen (secondary N) is 1. The molecule has 1 N–H and O–H groups in total. The Morgan fingerprint density at radius 2 is 2.38 bits per heavy atom. The number of thiazole rings is 1. The zero-order chi connectivity index (χ0) is 14.7. The van der Waals surface area contributed by atoms with Crippen LogP contribution in [0.15, 0.2) is 30.6 Å². The minimum Gasteiger partial charge on any atom is -0.316 e. The van der Waals surface area contributed by atoms with Gasteiger partial charge in [-0.1, -0.05) is 17.4 Å². The van der Waals surface area contributed by atoms with Crippen molar-refractivity contribution in [3.05, 3.63) is 30.6 Å². The van der Waals surface area contributed by atoms with Crippen LogP contribution in [0.2, 0.25) is 0 Å². The van der Waals surface area contributed by atoms with E-state index in [0.29, 0.717) is 11.7 Å². The van der Waals surface area contributed by atoms with Crippen molar-refractivity contribution in [2.45, 2.75) is 6.42 Å². The van der Waals surface area contributed by atoms with Gasteiger partial charge < -0.3 is 5.32 Å². The van der Waals surface area contributed by atoms with Gasteiger partial charge in [0.15, 0.2) is 6.19 Å². The number of aromatic nitrogens is 2. The summed E-state index contributed by atoms with van der Waals surface area (Å²) in [6.45, 7) is 1.43. The van der Waals surface area contributed by atoms with Crippen molar-refractivity contribution in [3.63, 3.8) is 0 Å². The van der Waals surface area contributed by atoms with Crippen molar-refractivity contribution in [2.24, 2.45) is 5.92 Å². The van der Waals surface area contributed by atoms with Crippen LogP contribution in [0.5, 0.6) is 0 Å². The zero-order valence-electron chi connectivity index (χ0n) is 11.2. The Labute approximate surface area is 126 Å². The molecule has 0 radical (unpaired) electrons. The second-order valence-electron chi connectivity index (χ2n) is 4.69. The number of hydrogen-bond acceptors (Lipinski definition) is 6. The molecule has 1 fully saturated rings. The van der Waals surface area contributed by atoms with Crippen LogP contribution in [0.25, 0.3) is 10.6 Å². The average Bonchev–Trinajstić information content (AvgIpc) is 3.21. The van der Waals surface area contributed by atoms with Gasteiger partial charge in [0, 0.05) is 18.9 Å². The maximum absolute atomic E-state index is 12.3. The molecule has 0 unspecified atom stereocenters. The fourth-order valence-corrected chi connectivity index (χ4v) is 3.08. The van der Waals surface area contributed by atoms with Gasteiger partial charge in [0.05, 0.1) is 16.5 Å². The molecular formula is C14H13N5OS. The molecule has 7 heteroatoms. The smallest absolute Gasteiger partial charge is 0.246 e. The highest BCUT2D eigenvalue weighted by molar-refractivity contribution is 7.19. The van der Waals surface area contributed by atoms with Crippen molar-refractivity contribution >= 4 is 22.4 Å². The molecule has 2 aromatic rings. The predicted molar refractivity (Wildman–Crippen MR) is 79.4 cm³/mol. The molecule has 0 saturated carbocycles. The number of carbonyl (C=O) groups is 1. The highest BCUT2D eigenvalue weighted by Crippen LogP contribution is 2.30. The highest BCUT2D eigenvalue weighted by Gasteiger charge is 2.29. The number of anilines is 1. The lowest BCUT2D eigenvalue weighted by molar-refractivity contribution is -0.121. The number of nitriles is 1. The van der Waals surface area contributed by atoms with E-state index >= 15 is 0 Å². The van der Waals surface area contributed by atoms with Crippen molar-refractivity contribution in [3.8, 4) is 16.8 Å². The lowest BCUT2D eigenvalue weighted by atomic mass is 10.1. The van der Waals surface area contributed by atoms with Gasteiger partial charge in [-0.25, -0.2) is 4.98 Å². The molecule has 3 heterocycles. The molecule has 2 aromatic heterocycles. The first-order valence-corrected chi connectivity index (χ1v) is 7.43. The minimum absolute atomic E-state index is 0.146. The lowest BCUT2D eigenvalue weighted by Gasteiger charge is -2.14. The van der Waals surface area contributed by atoms with Crippen LogP contribution in [-0.2, 0) is 4.79 Å². The van der Waals surface area contributed by atoms with Gasteiger partial charge in [-0.05, 0) is 25.1 Å². The molecule has 3 rings (SSSR count). The first-order chi connectivity index (χ1) is 10.3. The quantitative estimate of drug-likeness (QED) is 0.688. The molecule has 1 aliphatic heterocycles. The van der Waals surface area contributed by atoms with Gasteiger partial charge in [0.1, 0.15) is 0 Å². The number of amides is 1. The molecule has 0 aromatic carbocycles. The summed E-state index contributed by atoms with van der Waals surface area (Å²) in [7, 11) is 0. The van der Waals surface area contributed by atoms with E-state index in [1.807, 2.05) is 24.4 Å². The summed E-state index contributed by atoms with van der Waals surface area (Å²) in [5, 5.41) is 12.8. The Kier molecular flexibility index (Phi) is 3.90. The van der Waals surface area contributed by atoms with E-state index in [2.05, 4.69) is 15.3 Å². The topological polar surface area (TPSA) is 81.9 Å². The minimum atomic E-state index is -0.190. The SMILES string of the molecule is N#CN(C(=O)[C@H]1CCNC1)c1ncc(-c2ccccn2)s1. The molecule has 0 spiro atoms. The lowest BCUT2D eigenvalue weighted by Crippen LogP contribution is -2.33. The number of carbonyl (C=O) groups excluding carboxylic acids is 1. The second kappa shape index (κ2) is 5.99. The van der Waals surface area contributed by atoms with Crippen LogP contribution in [-0.4, -0.2) is 29.0 Å². The largest absolute Gasteiger partial charge is 0.316 e. The molecule has 1 amide bonds. The van der Waals surface area contributed by atoms with E-state index in [1.54, 1.807) is 12.4 Å². The third kappa shape index (κ3) is 2.77. The summed E-state index contributed by atoms with van der Waals surface area (Å²) in [5.41, 5.74) is 0.786. The molecule has 0 bridgehead atoms. The van der Waals surface area contributed by atoms with Crippen molar-refractivity contribution < 1.29 is 4.79 Å². The molecule has 6 nitrogen and oxygen atoms in total. The molecule has 1 saturated heterocycles. The standard InChI is InChI=1S/C14H13N5OS/c15-9-19(13(20)10-4-6-16-7-10)14-18-8-12(21-14)11-3-1-2-5-17-11/h1-3,5,8,10,16H,4,6-7H2/t10-/m0/s1. The molecule has 106 valence electrons. The van der Waals surface area contributed by atoms with Crippen molar-refractivity contribution in [2.75, 3.05) is 18.0 Å². The number of hydrogen-bond donors (Lipinski definition) is 1. The average molecular weight is 299 g/mol. The highest BCUT2D eigenvalue weighted by atomic mass is 32.1. The normalized spacial score (nSPS) is 17.4. The molecule has 0 aliphatic carbocycles. The fraction of sp³-hybridized carbons (Fsp3) is 0.286. The maximum atomic E-state index is 12.3. The first-order valence-electron chi connectivity index (χ1n) is 6.61. The van der Waals surface area contributed by atoms with Gasteiger partial charge in [-0.3, -0.25) is 9.78 Å². The van der Waals surface area contributed by atoms with E-state index in [9.17, 15) is 10.1 Å². The van der Waals surface area contributed by atoms with E-state index in [1.165, 1.54) is 11.3 Å². The summed E-state index contributed by atoms with van der Waals surface area (Å²) in [6.07, 6.45) is 6.05. The Morgan fingerprint density at radius 1 is 1.48 bits per heavy atom. The second-order valence-corrected chi connectivity index (χ2v) is 5.69. The van der Waals surface area contributed by atoms with Crippen molar-refractivity contribution in [1.29, 1.82) is 5.26 Å². The maximum Gasteiger partial charge on any atom is 0.246 e. The Bertz CT molecular complexity index is 672. The van der Waals surface area contributed by atoms with Crippen LogP contribution >= 0.6 is 11.3 Å². The van der Waals surface area contributed by atoms with Gasteiger partial charge in [-0.2, -0.15) is 10.2 Å². The number of rotatable bonds is 3. The van der Waals surface area contributed by atoms with E-state index in [0.717, 1.165) is 28.4 Å². The first kappa shape index (κ1) is 13.7. The summed E-state index contributed by atoms with van der Waals surface area (Å²) < 4.78 is 0. The molecule has 1 aliphatic rings.